The molecular weight excluding hydrogens is 260 g/mol. The van der Waals surface area contributed by atoms with Crippen molar-refractivity contribution < 1.29 is 19.1 Å². The topological polar surface area (TPSA) is 98.5 Å². The first-order chi connectivity index (χ1) is 9.52. The molecule has 0 heterocycles. The Hall–Kier alpha value is -2.63. The van der Waals surface area contributed by atoms with E-state index >= 15 is 0 Å². The van der Waals surface area contributed by atoms with E-state index in [1.54, 1.807) is 18.2 Å². The zero-order valence-electron chi connectivity index (χ0n) is 10.9. The summed E-state index contributed by atoms with van der Waals surface area (Å²) in [6.07, 6.45) is 2.37. The van der Waals surface area contributed by atoms with Crippen molar-refractivity contribution in [3.8, 4) is 5.75 Å². The molecule has 6 nitrogen and oxygen atoms in total. The van der Waals surface area contributed by atoms with Crippen LogP contribution >= 0.6 is 0 Å². The van der Waals surface area contributed by atoms with Gasteiger partial charge >= 0.3 is 5.97 Å². The van der Waals surface area contributed by atoms with Gasteiger partial charge in [0.1, 0.15) is 5.75 Å². The molecule has 0 spiro atoms. The fraction of sp³-hybridized carbons (Fsp3) is 0.214. The molecule has 0 fully saturated rings. The normalized spacial score (nSPS) is 9.60. The highest BCUT2D eigenvalue weighted by Gasteiger charge is 2.09. The maximum absolute atomic E-state index is 11.7. The van der Waals surface area contributed by atoms with Crippen LogP contribution in [0.15, 0.2) is 36.9 Å². The van der Waals surface area contributed by atoms with Gasteiger partial charge in [0.15, 0.2) is 0 Å². The molecule has 0 aromatic heterocycles. The lowest BCUT2D eigenvalue weighted by Crippen LogP contribution is -2.33. The molecule has 0 radical (unpaired) electrons. The smallest absolute Gasteiger partial charge is 0.311 e. The number of carbonyl (C=O) groups is 3. The highest BCUT2D eigenvalue weighted by Crippen LogP contribution is 2.14. The summed E-state index contributed by atoms with van der Waals surface area (Å²) >= 11 is 0. The second kappa shape index (κ2) is 7.73. The first-order valence-corrected chi connectivity index (χ1v) is 6.01. The SMILES string of the molecule is C=CCCC(=O)Oc1cccc(C(=O)NCC(N)=O)c1. The zero-order chi connectivity index (χ0) is 15.0. The second-order valence-electron chi connectivity index (χ2n) is 3.98. The van der Waals surface area contributed by atoms with Crippen LogP contribution in [0.4, 0.5) is 0 Å². The molecule has 0 bridgehead atoms. The Kier molecular flexibility index (Phi) is 5.96. The van der Waals surface area contributed by atoms with Crippen molar-refractivity contribution in [2.45, 2.75) is 12.8 Å². The monoisotopic (exact) mass is 276 g/mol. The molecule has 0 unspecified atom stereocenters. The predicted octanol–water partition coefficient (Wildman–Crippen LogP) is 0.773. The van der Waals surface area contributed by atoms with Gasteiger partial charge in [-0.2, -0.15) is 0 Å². The quantitative estimate of drug-likeness (QED) is 0.436. The number of rotatable bonds is 7. The number of ether oxygens (including phenoxy) is 1. The number of primary amides is 1. The molecule has 20 heavy (non-hydrogen) atoms. The fourth-order valence-corrected chi connectivity index (χ4v) is 1.37. The van der Waals surface area contributed by atoms with E-state index in [1.165, 1.54) is 12.1 Å². The van der Waals surface area contributed by atoms with Crippen molar-refractivity contribution in [1.82, 2.24) is 5.32 Å². The second-order valence-corrected chi connectivity index (χ2v) is 3.98. The molecule has 0 saturated heterocycles. The highest BCUT2D eigenvalue weighted by molar-refractivity contribution is 5.96. The molecule has 1 aromatic rings. The standard InChI is InChI=1S/C14H16N2O4/c1-2-3-7-13(18)20-11-6-4-5-10(8-11)14(19)16-9-12(15)17/h2,4-6,8H,1,3,7,9H2,(H2,15,17)(H,16,19). The molecule has 106 valence electrons. The van der Waals surface area contributed by atoms with E-state index in [0.717, 1.165) is 0 Å². The van der Waals surface area contributed by atoms with Gasteiger partial charge in [0.2, 0.25) is 5.91 Å². The van der Waals surface area contributed by atoms with Crippen molar-refractivity contribution >= 4 is 17.8 Å². The fourth-order valence-electron chi connectivity index (χ4n) is 1.37. The van der Waals surface area contributed by atoms with E-state index < -0.39 is 17.8 Å². The van der Waals surface area contributed by atoms with Gasteiger partial charge in [-0.3, -0.25) is 14.4 Å². The number of hydrogen-bond acceptors (Lipinski definition) is 4. The number of benzene rings is 1. The van der Waals surface area contributed by atoms with Crippen LogP contribution in [-0.2, 0) is 9.59 Å². The van der Waals surface area contributed by atoms with Gasteiger partial charge in [-0.15, -0.1) is 6.58 Å². The van der Waals surface area contributed by atoms with E-state index in [4.69, 9.17) is 10.5 Å². The number of allylic oxidation sites excluding steroid dienone is 1. The van der Waals surface area contributed by atoms with Crippen LogP contribution in [0.25, 0.3) is 0 Å². The van der Waals surface area contributed by atoms with Crippen LogP contribution < -0.4 is 15.8 Å². The average molecular weight is 276 g/mol. The molecule has 3 N–H and O–H groups in total. The van der Waals surface area contributed by atoms with Crippen LogP contribution in [-0.4, -0.2) is 24.3 Å². The summed E-state index contributed by atoms with van der Waals surface area (Å²) in [4.78, 5) is 33.7. The van der Waals surface area contributed by atoms with Crippen molar-refractivity contribution in [1.29, 1.82) is 0 Å². The van der Waals surface area contributed by atoms with E-state index in [0.29, 0.717) is 6.42 Å². The minimum Gasteiger partial charge on any atom is -0.426 e. The predicted molar refractivity (Wildman–Crippen MR) is 73.0 cm³/mol. The summed E-state index contributed by atoms with van der Waals surface area (Å²) in [6.45, 7) is 3.27. The van der Waals surface area contributed by atoms with Crippen molar-refractivity contribution in [3.05, 3.63) is 42.5 Å². The zero-order valence-corrected chi connectivity index (χ0v) is 10.9. The van der Waals surface area contributed by atoms with Crippen LogP contribution in [0.3, 0.4) is 0 Å². The maximum atomic E-state index is 11.7. The van der Waals surface area contributed by atoms with Gasteiger partial charge in [0.25, 0.3) is 5.91 Å². The number of carbonyl (C=O) groups excluding carboxylic acids is 3. The van der Waals surface area contributed by atoms with Gasteiger partial charge in [-0.1, -0.05) is 12.1 Å². The Bertz CT molecular complexity index is 526. The van der Waals surface area contributed by atoms with E-state index in [1.807, 2.05) is 0 Å². The van der Waals surface area contributed by atoms with E-state index in [-0.39, 0.29) is 24.3 Å². The summed E-state index contributed by atoms with van der Waals surface area (Å²) in [7, 11) is 0. The van der Waals surface area contributed by atoms with Gasteiger partial charge in [0, 0.05) is 12.0 Å². The third-order valence-electron chi connectivity index (χ3n) is 2.30. The van der Waals surface area contributed by atoms with E-state index in [9.17, 15) is 14.4 Å². The molecule has 0 atom stereocenters. The third-order valence-corrected chi connectivity index (χ3v) is 2.30. The summed E-state index contributed by atoms with van der Waals surface area (Å²) in [6, 6.07) is 6.10. The van der Waals surface area contributed by atoms with Gasteiger partial charge in [0.05, 0.1) is 6.54 Å². The van der Waals surface area contributed by atoms with Crippen LogP contribution in [0.2, 0.25) is 0 Å². The summed E-state index contributed by atoms with van der Waals surface area (Å²) in [5.41, 5.74) is 5.21. The minimum absolute atomic E-state index is 0.224. The summed E-state index contributed by atoms with van der Waals surface area (Å²) in [5.74, 6) is -1.23. The first-order valence-electron chi connectivity index (χ1n) is 6.01. The molecule has 6 heteroatoms. The molecule has 1 rings (SSSR count). The number of amides is 2. The van der Waals surface area contributed by atoms with Gasteiger partial charge < -0.3 is 15.8 Å². The van der Waals surface area contributed by atoms with Crippen LogP contribution in [0.1, 0.15) is 23.2 Å². The molecule has 0 saturated carbocycles. The number of esters is 1. The van der Waals surface area contributed by atoms with Crippen LogP contribution in [0, 0.1) is 0 Å². The molecular formula is C14H16N2O4. The lowest BCUT2D eigenvalue weighted by molar-refractivity contribution is -0.134. The Balaban J connectivity index is 2.65. The Morgan fingerprint density at radius 2 is 2.10 bits per heavy atom. The maximum Gasteiger partial charge on any atom is 0.311 e. The van der Waals surface area contributed by atoms with Crippen molar-refractivity contribution in [2.24, 2.45) is 5.73 Å². The summed E-state index contributed by atoms with van der Waals surface area (Å²) in [5, 5.41) is 2.35. The molecule has 2 amide bonds. The van der Waals surface area contributed by atoms with Crippen LogP contribution in [0.5, 0.6) is 5.75 Å². The molecule has 0 aliphatic rings. The number of nitrogens with one attached hydrogen (secondary N) is 1. The minimum atomic E-state index is -0.634. The third kappa shape index (κ3) is 5.34. The Morgan fingerprint density at radius 3 is 2.75 bits per heavy atom. The van der Waals surface area contributed by atoms with Gasteiger partial charge in [-0.05, 0) is 24.6 Å². The number of nitrogens with two attached hydrogens (primary N) is 1. The largest absolute Gasteiger partial charge is 0.426 e. The highest BCUT2D eigenvalue weighted by atomic mass is 16.5. The van der Waals surface area contributed by atoms with E-state index in [2.05, 4.69) is 11.9 Å². The lowest BCUT2D eigenvalue weighted by Gasteiger charge is -2.06. The molecule has 1 aromatic carbocycles. The average Bonchev–Trinajstić information content (AvgIpc) is 2.42. The lowest BCUT2D eigenvalue weighted by atomic mass is 10.2. The molecule has 0 aliphatic heterocycles. The Labute approximate surface area is 116 Å². The Morgan fingerprint density at radius 1 is 1.35 bits per heavy atom. The number of hydrogen-bond donors (Lipinski definition) is 2. The van der Waals surface area contributed by atoms with Gasteiger partial charge in [-0.25, -0.2) is 0 Å². The summed E-state index contributed by atoms with van der Waals surface area (Å²) < 4.78 is 5.07. The molecule has 0 aliphatic carbocycles. The first kappa shape index (κ1) is 15.4. The van der Waals surface area contributed by atoms with Crippen molar-refractivity contribution in [2.75, 3.05) is 6.54 Å². The van der Waals surface area contributed by atoms with Crippen molar-refractivity contribution in [3.63, 3.8) is 0 Å².